The Morgan fingerprint density at radius 1 is 1.03 bits per heavy atom. The Morgan fingerprint density at radius 3 is 2.33 bits per heavy atom. The summed E-state index contributed by atoms with van der Waals surface area (Å²) in [7, 11) is 0. The van der Waals surface area contributed by atoms with E-state index in [1.807, 2.05) is 38.1 Å². The molecule has 2 aromatic carbocycles. The van der Waals surface area contributed by atoms with E-state index < -0.39 is 0 Å². The van der Waals surface area contributed by atoms with E-state index >= 15 is 0 Å². The number of aromatic nitrogens is 1. The third-order valence-corrected chi connectivity index (χ3v) is 5.70. The minimum atomic E-state index is 0.00676. The van der Waals surface area contributed by atoms with Gasteiger partial charge in [-0.05, 0) is 49.6 Å². The summed E-state index contributed by atoms with van der Waals surface area (Å²) in [4.78, 5) is 27.4. The van der Waals surface area contributed by atoms with Gasteiger partial charge in [-0.15, -0.1) is 11.3 Å². The monoisotopic (exact) mass is 421 g/mol. The molecule has 0 aliphatic carbocycles. The summed E-state index contributed by atoms with van der Waals surface area (Å²) >= 11 is 1.61. The van der Waals surface area contributed by atoms with E-state index in [4.69, 9.17) is 4.98 Å². The standard InChI is InChI=1S/C24H27N3O2S/c1-4-23(29)26-21-13-11-20(12-14-21)24-27-22(15-30-24)19-9-7-18(8-10-19)6-5-16(2)25-17(3)28/h7-16H,4-6H2,1-3H3,(H,25,28)(H,26,29). The van der Waals surface area contributed by atoms with E-state index in [1.54, 1.807) is 18.3 Å². The van der Waals surface area contributed by atoms with Crippen molar-refractivity contribution in [1.29, 1.82) is 0 Å². The molecule has 3 rings (SSSR count). The van der Waals surface area contributed by atoms with Crippen molar-refractivity contribution >= 4 is 28.8 Å². The molecular weight excluding hydrogens is 394 g/mol. The molecule has 6 heteroatoms. The molecule has 3 aromatic rings. The SMILES string of the molecule is CCC(=O)Nc1ccc(-c2nc(-c3ccc(CCC(C)NC(C)=O)cc3)cs2)cc1. The molecule has 0 spiro atoms. The van der Waals surface area contributed by atoms with Crippen molar-refractivity contribution in [2.24, 2.45) is 0 Å². The third-order valence-electron chi connectivity index (χ3n) is 4.81. The van der Waals surface area contributed by atoms with Gasteiger partial charge in [0.15, 0.2) is 0 Å². The fourth-order valence-electron chi connectivity index (χ4n) is 3.13. The van der Waals surface area contributed by atoms with Gasteiger partial charge in [-0.25, -0.2) is 4.98 Å². The van der Waals surface area contributed by atoms with Crippen molar-refractivity contribution < 1.29 is 9.59 Å². The van der Waals surface area contributed by atoms with Crippen LogP contribution in [-0.4, -0.2) is 22.8 Å². The number of hydrogen-bond donors (Lipinski definition) is 2. The van der Waals surface area contributed by atoms with Crippen molar-refractivity contribution in [1.82, 2.24) is 10.3 Å². The second kappa shape index (κ2) is 10.2. The molecule has 1 heterocycles. The van der Waals surface area contributed by atoms with Crippen molar-refractivity contribution in [3.8, 4) is 21.8 Å². The van der Waals surface area contributed by atoms with Gasteiger partial charge in [0.2, 0.25) is 11.8 Å². The zero-order valence-electron chi connectivity index (χ0n) is 17.6. The molecule has 0 saturated carbocycles. The fraction of sp³-hybridized carbons (Fsp3) is 0.292. The number of hydrogen-bond acceptors (Lipinski definition) is 4. The molecule has 156 valence electrons. The predicted molar refractivity (Wildman–Crippen MR) is 124 cm³/mol. The molecule has 30 heavy (non-hydrogen) atoms. The lowest BCUT2D eigenvalue weighted by Gasteiger charge is -2.12. The number of rotatable bonds is 8. The molecule has 1 aromatic heterocycles. The first-order valence-corrected chi connectivity index (χ1v) is 11.0. The minimum Gasteiger partial charge on any atom is -0.354 e. The van der Waals surface area contributed by atoms with Gasteiger partial charge in [0, 0.05) is 41.6 Å². The average Bonchev–Trinajstić information content (AvgIpc) is 3.23. The maximum atomic E-state index is 11.5. The highest BCUT2D eigenvalue weighted by atomic mass is 32.1. The summed E-state index contributed by atoms with van der Waals surface area (Å²) in [5.41, 5.74) is 5.12. The van der Waals surface area contributed by atoms with E-state index in [0.29, 0.717) is 6.42 Å². The number of thiazole rings is 1. The number of anilines is 1. The Balaban J connectivity index is 1.63. The summed E-state index contributed by atoms with van der Waals surface area (Å²) in [5, 5.41) is 8.79. The molecular formula is C24H27N3O2S. The third kappa shape index (κ3) is 6.00. The van der Waals surface area contributed by atoms with Crippen LogP contribution < -0.4 is 10.6 Å². The highest BCUT2D eigenvalue weighted by molar-refractivity contribution is 7.13. The van der Waals surface area contributed by atoms with Gasteiger partial charge in [0.05, 0.1) is 5.69 Å². The number of carbonyl (C=O) groups excluding carboxylic acids is 2. The van der Waals surface area contributed by atoms with Crippen LogP contribution in [0.2, 0.25) is 0 Å². The normalized spacial score (nSPS) is 11.7. The topological polar surface area (TPSA) is 71.1 Å². The average molecular weight is 422 g/mol. The van der Waals surface area contributed by atoms with Gasteiger partial charge in [-0.1, -0.05) is 31.2 Å². The molecule has 1 atom stereocenters. The molecule has 1 unspecified atom stereocenters. The van der Waals surface area contributed by atoms with Crippen LogP contribution in [0.25, 0.3) is 21.8 Å². The van der Waals surface area contributed by atoms with Crippen LogP contribution in [-0.2, 0) is 16.0 Å². The molecule has 2 amide bonds. The van der Waals surface area contributed by atoms with Crippen LogP contribution in [0.4, 0.5) is 5.69 Å². The van der Waals surface area contributed by atoms with Crippen LogP contribution in [0, 0.1) is 0 Å². The molecule has 0 radical (unpaired) electrons. The number of benzene rings is 2. The lowest BCUT2D eigenvalue weighted by atomic mass is 10.0. The summed E-state index contributed by atoms with van der Waals surface area (Å²) in [5.74, 6) is 0.0184. The number of nitrogens with zero attached hydrogens (tertiary/aromatic N) is 1. The highest BCUT2D eigenvalue weighted by Gasteiger charge is 2.08. The van der Waals surface area contributed by atoms with Gasteiger partial charge in [-0.3, -0.25) is 9.59 Å². The molecule has 0 bridgehead atoms. The molecule has 0 saturated heterocycles. The Kier molecular flexibility index (Phi) is 7.36. The minimum absolute atomic E-state index is 0.00676. The first kappa shape index (κ1) is 21.7. The maximum Gasteiger partial charge on any atom is 0.224 e. The van der Waals surface area contributed by atoms with Crippen molar-refractivity contribution in [3.05, 3.63) is 59.5 Å². The van der Waals surface area contributed by atoms with Crippen molar-refractivity contribution in [2.75, 3.05) is 5.32 Å². The number of nitrogens with one attached hydrogen (secondary N) is 2. The van der Waals surface area contributed by atoms with Crippen LogP contribution in [0.3, 0.4) is 0 Å². The van der Waals surface area contributed by atoms with Crippen molar-refractivity contribution in [2.45, 2.75) is 46.1 Å². The zero-order valence-corrected chi connectivity index (χ0v) is 18.4. The van der Waals surface area contributed by atoms with Gasteiger partial charge in [0.25, 0.3) is 0 Å². The summed E-state index contributed by atoms with van der Waals surface area (Å²) in [6.45, 7) is 5.41. The van der Waals surface area contributed by atoms with Gasteiger partial charge in [-0.2, -0.15) is 0 Å². The van der Waals surface area contributed by atoms with E-state index in [9.17, 15) is 9.59 Å². The van der Waals surface area contributed by atoms with Gasteiger partial charge >= 0.3 is 0 Å². The largest absolute Gasteiger partial charge is 0.354 e. The van der Waals surface area contributed by atoms with E-state index in [2.05, 4.69) is 40.3 Å². The number of carbonyl (C=O) groups is 2. The number of aryl methyl sites for hydroxylation is 1. The summed E-state index contributed by atoms with van der Waals surface area (Å²) in [6, 6.07) is 16.4. The lowest BCUT2D eigenvalue weighted by Crippen LogP contribution is -2.30. The maximum absolute atomic E-state index is 11.5. The van der Waals surface area contributed by atoms with E-state index in [-0.39, 0.29) is 17.9 Å². The van der Waals surface area contributed by atoms with Crippen LogP contribution in [0.1, 0.15) is 39.2 Å². The Labute approximate surface area is 181 Å². The van der Waals surface area contributed by atoms with E-state index in [1.165, 1.54) is 5.56 Å². The second-order valence-electron chi connectivity index (χ2n) is 7.35. The predicted octanol–water partition coefficient (Wildman–Crippen LogP) is 5.28. The number of amides is 2. The molecule has 5 nitrogen and oxygen atoms in total. The molecule has 2 N–H and O–H groups in total. The quantitative estimate of drug-likeness (QED) is 0.520. The Bertz CT molecular complexity index is 994. The first-order chi connectivity index (χ1) is 14.4. The first-order valence-electron chi connectivity index (χ1n) is 10.2. The Morgan fingerprint density at radius 2 is 1.70 bits per heavy atom. The zero-order chi connectivity index (χ0) is 21.5. The van der Waals surface area contributed by atoms with Crippen LogP contribution in [0.5, 0.6) is 0 Å². The van der Waals surface area contributed by atoms with Crippen LogP contribution >= 0.6 is 11.3 Å². The smallest absolute Gasteiger partial charge is 0.224 e. The molecule has 0 aliphatic heterocycles. The molecule has 0 fully saturated rings. The van der Waals surface area contributed by atoms with Gasteiger partial charge in [0.1, 0.15) is 5.01 Å². The Hall–Kier alpha value is -2.99. The van der Waals surface area contributed by atoms with Crippen molar-refractivity contribution in [3.63, 3.8) is 0 Å². The summed E-state index contributed by atoms with van der Waals surface area (Å²) in [6.07, 6.45) is 2.30. The molecule has 0 aliphatic rings. The van der Waals surface area contributed by atoms with E-state index in [0.717, 1.165) is 40.4 Å². The van der Waals surface area contributed by atoms with Crippen LogP contribution in [0.15, 0.2) is 53.9 Å². The second-order valence-corrected chi connectivity index (χ2v) is 8.21. The lowest BCUT2D eigenvalue weighted by molar-refractivity contribution is -0.119. The highest BCUT2D eigenvalue weighted by Crippen LogP contribution is 2.30. The fourth-order valence-corrected chi connectivity index (χ4v) is 3.96. The summed E-state index contributed by atoms with van der Waals surface area (Å²) < 4.78 is 0. The van der Waals surface area contributed by atoms with Gasteiger partial charge < -0.3 is 10.6 Å².